The molecule has 1 saturated carbocycles. The molecular weight excluding hydrogens is 562 g/mol. The predicted octanol–water partition coefficient (Wildman–Crippen LogP) is 2.16. The molecule has 1 saturated heterocycles. The monoisotopic (exact) mass is 591 g/mol. The van der Waals surface area contributed by atoms with E-state index in [1.165, 1.54) is 30.0 Å². The molecule has 5 aromatic heterocycles. The van der Waals surface area contributed by atoms with Gasteiger partial charge in [0.1, 0.15) is 18.2 Å². The minimum atomic E-state index is -0.661. The van der Waals surface area contributed by atoms with Crippen LogP contribution >= 0.6 is 11.3 Å². The predicted molar refractivity (Wildman–Crippen MR) is 155 cm³/mol. The lowest BCUT2D eigenvalue weighted by atomic mass is 9.91. The van der Waals surface area contributed by atoms with Gasteiger partial charge in [-0.1, -0.05) is 12.8 Å². The van der Waals surface area contributed by atoms with Crippen molar-refractivity contribution < 1.29 is 18.4 Å². The molecule has 0 radical (unpaired) electrons. The van der Waals surface area contributed by atoms with E-state index in [0.717, 1.165) is 30.6 Å². The van der Waals surface area contributed by atoms with E-state index in [1.54, 1.807) is 10.6 Å². The summed E-state index contributed by atoms with van der Waals surface area (Å²) >= 11 is 1.38. The molecule has 7 rings (SSSR count). The first-order valence-corrected chi connectivity index (χ1v) is 14.7. The second kappa shape index (κ2) is 10.8. The number of morpholine rings is 1. The third-order valence-corrected chi connectivity index (χ3v) is 8.83. The SMILES string of the molecule is NC(=O)c1c(Cc2ncc(-c3coc4c(=O)cc(N5CCOCC5)oc34)s2)nc(N[C@H]2CCCC[C@H]2N)n2cnnc12. The normalized spacial score (nSPS) is 19.5. The van der Waals surface area contributed by atoms with Crippen LogP contribution in [0.25, 0.3) is 27.3 Å². The van der Waals surface area contributed by atoms with Gasteiger partial charge >= 0.3 is 0 Å². The summed E-state index contributed by atoms with van der Waals surface area (Å²) in [5, 5.41) is 12.3. The van der Waals surface area contributed by atoms with Crippen molar-refractivity contribution in [1.29, 1.82) is 0 Å². The Balaban J connectivity index is 1.23. The molecule has 0 bridgehead atoms. The Bertz CT molecular complexity index is 1840. The van der Waals surface area contributed by atoms with Crippen molar-refractivity contribution in [3.05, 3.63) is 51.3 Å². The number of amides is 1. The molecule has 218 valence electrons. The van der Waals surface area contributed by atoms with Gasteiger partial charge in [-0.05, 0) is 12.8 Å². The van der Waals surface area contributed by atoms with E-state index >= 15 is 0 Å². The molecule has 6 heterocycles. The van der Waals surface area contributed by atoms with Crippen molar-refractivity contribution in [2.75, 3.05) is 36.5 Å². The highest BCUT2D eigenvalue weighted by Crippen LogP contribution is 2.36. The standard InChI is InChI=1S/C27H29N9O5S/c28-15-3-1-2-4-16(15)32-27-33-17(22(25(29)38)26-34-31-13-36(26)27)9-20-30-11-19(42-20)14-12-40-24-18(37)10-21(41-23(14)24)35-5-7-39-8-6-35/h10-13,15-16H,1-9,28H2,(H2,29,38)(H,32,33)/t15-,16+/m1/s1. The highest BCUT2D eigenvalue weighted by Gasteiger charge is 2.27. The van der Waals surface area contributed by atoms with Gasteiger partial charge in [0.25, 0.3) is 5.91 Å². The molecular formula is C27H29N9O5S. The van der Waals surface area contributed by atoms with Gasteiger partial charge < -0.3 is 35.3 Å². The number of nitrogens with one attached hydrogen (secondary N) is 1. The number of hydrogen-bond acceptors (Lipinski definition) is 13. The topological polar surface area (TPSA) is 193 Å². The van der Waals surface area contributed by atoms with Crippen LogP contribution in [0.15, 0.2) is 38.5 Å². The lowest BCUT2D eigenvalue weighted by Crippen LogP contribution is -2.43. The Morgan fingerprint density at radius 2 is 2.02 bits per heavy atom. The zero-order valence-electron chi connectivity index (χ0n) is 22.6. The summed E-state index contributed by atoms with van der Waals surface area (Å²) < 4.78 is 18.8. The van der Waals surface area contributed by atoms with Gasteiger partial charge in [-0.25, -0.2) is 9.97 Å². The summed E-state index contributed by atoms with van der Waals surface area (Å²) in [5.74, 6) is 0.302. The number of carbonyl (C=O) groups excluding carboxylic acids is 1. The molecule has 1 aliphatic heterocycles. The minimum Gasteiger partial charge on any atom is -0.456 e. The number of aromatic nitrogens is 5. The van der Waals surface area contributed by atoms with Crippen LogP contribution < -0.4 is 27.1 Å². The van der Waals surface area contributed by atoms with E-state index < -0.39 is 5.91 Å². The number of carbonyl (C=O) groups is 1. The van der Waals surface area contributed by atoms with Gasteiger partial charge in [0, 0.05) is 37.8 Å². The van der Waals surface area contributed by atoms with E-state index in [1.807, 2.05) is 4.90 Å². The van der Waals surface area contributed by atoms with E-state index in [-0.39, 0.29) is 35.1 Å². The van der Waals surface area contributed by atoms with Crippen LogP contribution in [0.3, 0.4) is 0 Å². The molecule has 14 nitrogen and oxygen atoms in total. The van der Waals surface area contributed by atoms with Crippen LogP contribution in [0.2, 0.25) is 0 Å². The lowest BCUT2D eigenvalue weighted by molar-refractivity contribution is 0.1000. The number of thiazole rings is 1. The number of furan rings is 1. The maximum absolute atomic E-state index is 12.8. The van der Waals surface area contributed by atoms with Crippen LogP contribution in [-0.2, 0) is 11.2 Å². The Hall–Kier alpha value is -4.34. The van der Waals surface area contributed by atoms with Crippen LogP contribution in [0, 0.1) is 0 Å². The van der Waals surface area contributed by atoms with Crippen LogP contribution in [-0.4, -0.2) is 68.9 Å². The Labute approximate surface area is 242 Å². The molecule has 0 aromatic carbocycles. The molecule has 2 fully saturated rings. The summed E-state index contributed by atoms with van der Waals surface area (Å²) in [4.78, 5) is 37.5. The summed E-state index contributed by atoms with van der Waals surface area (Å²) in [5.41, 5.74) is 14.0. The van der Waals surface area contributed by atoms with Gasteiger partial charge in [-0.2, -0.15) is 0 Å². The van der Waals surface area contributed by atoms with Gasteiger partial charge in [0.05, 0.1) is 40.4 Å². The highest BCUT2D eigenvalue weighted by atomic mass is 32.1. The fraction of sp³-hybridized carbons (Fsp3) is 0.407. The molecule has 1 aliphatic carbocycles. The number of primary amides is 1. The lowest BCUT2D eigenvalue weighted by Gasteiger charge is -2.30. The quantitative estimate of drug-likeness (QED) is 0.250. The highest BCUT2D eigenvalue weighted by molar-refractivity contribution is 7.15. The van der Waals surface area contributed by atoms with Crippen molar-refractivity contribution in [2.24, 2.45) is 11.5 Å². The van der Waals surface area contributed by atoms with Crippen LogP contribution in [0.1, 0.15) is 46.7 Å². The van der Waals surface area contributed by atoms with E-state index in [9.17, 15) is 9.59 Å². The molecule has 15 heteroatoms. The fourth-order valence-electron chi connectivity index (χ4n) is 5.61. The Morgan fingerprint density at radius 1 is 1.19 bits per heavy atom. The number of anilines is 2. The van der Waals surface area contributed by atoms with Crippen molar-refractivity contribution in [3.63, 3.8) is 0 Å². The van der Waals surface area contributed by atoms with E-state index in [2.05, 4.69) is 20.5 Å². The van der Waals surface area contributed by atoms with Gasteiger partial charge in [-0.3, -0.25) is 14.0 Å². The third-order valence-electron chi connectivity index (χ3n) is 7.80. The number of nitrogens with two attached hydrogens (primary N) is 2. The molecule has 1 amide bonds. The smallest absolute Gasteiger partial charge is 0.254 e. The van der Waals surface area contributed by atoms with Crippen molar-refractivity contribution in [2.45, 2.75) is 44.2 Å². The van der Waals surface area contributed by atoms with E-state index in [0.29, 0.717) is 65.6 Å². The zero-order chi connectivity index (χ0) is 28.8. The number of fused-ring (bicyclic) bond motifs is 2. The van der Waals surface area contributed by atoms with Crippen LogP contribution in [0.5, 0.6) is 0 Å². The molecule has 0 spiro atoms. The number of nitrogens with zero attached hydrogens (tertiary/aromatic N) is 6. The molecule has 0 unspecified atom stereocenters. The van der Waals surface area contributed by atoms with E-state index in [4.69, 9.17) is 30.0 Å². The summed E-state index contributed by atoms with van der Waals surface area (Å²) in [6.07, 6.45) is 8.91. The molecule has 2 aliphatic rings. The Morgan fingerprint density at radius 3 is 2.83 bits per heavy atom. The van der Waals surface area contributed by atoms with Gasteiger partial charge in [0.15, 0.2) is 17.1 Å². The average Bonchev–Trinajstić information content (AvgIpc) is 3.75. The maximum Gasteiger partial charge on any atom is 0.254 e. The van der Waals surface area contributed by atoms with Crippen LogP contribution in [0.4, 0.5) is 11.8 Å². The number of hydrogen-bond donors (Lipinski definition) is 3. The van der Waals surface area contributed by atoms with Crippen molar-refractivity contribution in [1.82, 2.24) is 24.6 Å². The second-order valence-electron chi connectivity index (χ2n) is 10.5. The first-order chi connectivity index (χ1) is 20.5. The van der Waals surface area contributed by atoms with Gasteiger partial charge in [0.2, 0.25) is 17.0 Å². The number of rotatable bonds is 7. The molecule has 42 heavy (non-hydrogen) atoms. The average molecular weight is 592 g/mol. The number of ether oxygens (including phenoxy) is 1. The molecule has 2 atom stereocenters. The first kappa shape index (κ1) is 26.6. The minimum absolute atomic E-state index is 0.0125. The maximum atomic E-state index is 12.8. The van der Waals surface area contributed by atoms with Crippen molar-refractivity contribution >= 4 is 45.9 Å². The summed E-state index contributed by atoms with van der Waals surface area (Å²) in [6, 6.07) is 1.46. The summed E-state index contributed by atoms with van der Waals surface area (Å²) in [7, 11) is 0. The van der Waals surface area contributed by atoms with Crippen molar-refractivity contribution in [3.8, 4) is 10.4 Å². The molecule has 5 N–H and O–H groups in total. The zero-order valence-corrected chi connectivity index (χ0v) is 23.4. The third kappa shape index (κ3) is 4.78. The van der Waals surface area contributed by atoms with Gasteiger partial charge in [-0.15, -0.1) is 21.5 Å². The first-order valence-electron chi connectivity index (χ1n) is 13.8. The second-order valence-corrected chi connectivity index (χ2v) is 11.6. The molecule has 5 aromatic rings. The Kier molecular flexibility index (Phi) is 6.84. The fourth-order valence-corrected chi connectivity index (χ4v) is 6.54. The summed E-state index contributed by atoms with van der Waals surface area (Å²) in [6.45, 7) is 2.37. The largest absolute Gasteiger partial charge is 0.456 e.